The van der Waals surface area contributed by atoms with Crippen LogP contribution >= 0.6 is 12.2 Å². The zero-order valence-corrected chi connectivity index (χ0v) is 14.3. The summed E-state index contributed by atoms with van der Waals surface area (Å²) in [6.45, 7) is 5.61. The van der Waals surface area contributed by atoms with Gasteiger partial charge in [0.05, 0.1) is 23.9 Å². The van der Waals surface area contributed by atoms with Gasteiger partial charge in [-0.05, 0) is 31.6 Å². The zero-order chi connectivity index (χ0) is 17.0. The predicted octanol–water partition coefficient (Wildman–Crippen LogP) is 2.48. The Kier molecular flexibility index (Phi) is 5.50. The Morgan fingerprint density at radius 1 is 1.26 bits per heavy atom. The highest BCUT2D eigenvalue weighted by Gasteiger charge is 2.36. The topological polar surface area (TPSA) is 58.6 Å². The van der Waals surface area contributed by atoms with Crippen LogP contribution in [0.15, 0.2) is 35.9 Å². The van der Waals surface area contributed by atoms with Crippen LogP contribution in [0.2, 0.25) is 0 Å². The minimum atomic E-state index is -0.442. The van der Waals surface area contributed by atoms with Crippen molar-refractivity contribution < 1.29 is 14.3 Å². The number of amides is 1. The predicted molar refractivity (Wildman–Crippen MR) is 92.3 cm³/mol. The maximum atomic E-state index is 12.5. The van der Waals surface area contributed by atoms with Crippen LogP contribution in [0.1, 0.15) is 32.8 Å². The fraction of sp³-hybridized carbons (Fsp3) is 0.353. The molecular weight excluding hydrogens is 312 g/mol. The van der Waals surface area contributed by atoms with E-state index in [9.17, 15) is 9.59 Å². The maximum Gasteiger partial charge on any atom is 0.338 e. The van der Waals surface area contributed by atoms with Crippen molar-refractivity contribution in [1.82, 2.24) is 10.2 Å². The normalized spacial score (nSPS) is 17.8. The molecule has 23 heavy (non-hydrogen) atoms. The molecule has 0 fully saturated rings. The van der Waals surface area contributed by atoms with Gasteiger partial charge in [-0.15, -0.1) is 0 Å². The Balaban J connectivity index is 2.69. The summed E-state index contributed by atoms with van der Waals surface area (Å²) in [5.41, 5.74) is 1.67. The third-order valence-corrected chi connectivity index (χ3v) is 3.85. The zero-order valence-electron chi connectivity index (χ0n) is 13.5. The van der Waals surface area contributed by atoms with E-state index in [4.69, 9.17) is 17.0 Å². The van der Waals surface area contributed by atoms with E-state index in [1.807, 2.05) is 37.3 Å². The number of carbonyl (C=O) groups is 2. The molecule has 1 aliphatic rings. The van der Waals surface area contributed by atoms with Crippen molar-refractivity contribution >= 4 is 34.9 Å². The Hall–Kier alpha value is -2.21. The molecule has 0 radical (unpaired) electrons. The van der Waals surface area contributed by atoms with Crippen molar-refractivity contribution in [3.05, 3.63) is 41.5 Å². The first-order valence-electron chi connectivity index (χ1n) is 7.61. The number of esters is 1. The van der Waals surface area contributed by atoms with Crippen LogP contribution in [-0.2, 0) is 14.3 Å². The molecule has 2 rings (SSSR count). The van der Waals surface area contributed by atoms with Gasteiger partial charge in [-0.2, -0.15) is 0 Å². The number of hydrogen-bond acceptors (Lipinski definition) is 4. The van der Waals surface area contributed by atoms with Crippen molar-refractivity contribution in [2.24, 2.45) is 0 Å². The van der Waals surface area contributed by atoms with E-state index in [2.05, 4.69) is 5.32 Å². The molecule has 1 atom stereocenters. The van der Waals surface area contributed by atoms with Crippen molar-refractivity contribution in [3.63, 3.8) is 0 Å². The second-order valence-electron chi connectivity index (χ2n) is 5.10. The first-order chi connectivity index (χ1) is 11.0. The van der Waals surface area contributed by atoms with E-state index in [-0.39, 0.29) is 25.0 Å². The number of nitrogens with zero attached hydrogens (tertiary/aromatic N) is 1. The van der Waals surface area contributed by atoms with Gasteiger partial charge in [-0.3, -0.25) is 9.69 Å². The minimum Gasteiger partial charge on any atom is -0.463 e. The highest BCUT2D eigenvalue weighted by Crippen LogP contribution is 2.30. The molecule has 1 amide bonds. The molecule has 1 aromatic rings. The number of ether oxygens (including phenoxy) is 1. The lowest BCUT2D eigenvalue weighted by Gasteiger charge is -2.36. The number of nitrogens with one attached hydrogen (secondary N) is 1. The van der Waals surface area contributed by atoms with Gasteiger partial charge in [0.15, 0.2) is 5.11 Å². The monoisotopic (exact) mass is 332 g/mol. The molecule has 122 valence electrons. The summed E-state index contributed by atoms with van der Waals surface area (Å²) >= 11 is 5.34. The molecule has 5 nitrogen and oxygen atoms in total. The van der Waals surface area contributed by atoms with Crippen molar-refractivity contribution in [3.8, 4) is 0 Å². The molecule has 1 aliphatic heterocycles. The van der Waals surface area contributed by atoms with Gasteiger partial charge in [0.2, 0.25) is 5.91 Å². The summed E-state index contributed by atoms with van der Waals surface area (Å²) in [6.07, 6.45) is 0.280. The molecule has 1 unspecified atom stereocenters. The van der Waals surface area contributed by atoms with Crippen LogP contribution in [-0.4, -0.2) is 34.5 Å². The molecule has 0 spiro atoms. The summed E-state index contributed by atoms with van der Waals surface area (Å²) in [5, 5.41) is 3.31. The molecule has 0 aliphatic carbocycles. The highest BCUT2D eigenvalue weighted by atomic mass is 32.1. The molecule has 1 aromatic carbocycles. The van der Waals surface area contributed by atoms with Gasteiger partial charge in [0, 0.05) is 6.42 Å². The first kappa shape index (κ1) is 17.1. The van der Waals surface area contributed by atoms with E-state index < -0.39 is 5.97 Å². The summed E-state index contributed by atoms with van der Waals surface area (Å²) in [4.78, 5) is 26.3. The SMILES string of the molecule is CCOC(=O)C1=C(c2ccccc2)N(C(=O)CC)C(=S)NC1C. The van der Waals surface area contributed by atoms with E-state index in [0.29, 0.717) is 16.4 Å². The molecule has 0 saturated heterocycles. The summed E-state index contributed by atoms with van der Waals surface area (Å²) in [6, 6.07) is 8.96. The number of rotatable bonds is 4. The molecular formula is C17H20N2O3S. The second kappa shape index (κ2) is 7.37. The van der Waals surface area contributed by atoms with Crippen molar-refractivity contribution in [2.45, 2.75) is 33.2 Å². The lowest BCUT2D eigenvalue weighted by atomic mass is 9.97. The minimum absolute atomic E-state index is 0.171. The van der Waals surface area contributed by atoms with Crippen LogP contribution in [0, 0.1) is 0 Å². The van der Waals surface area contributed by atoms with Gasteiger partial charge in [-0.25, -0.2) is 4.79 Å². The third kappa shape index (κ3) is 3.42. The van der Waals surface area contributed by atoms with Crippen LogP contribution in [0.25, 0.3) is 5.70 Å². The highest BCUT2D eigenvalue weighted by molar-refractivity contribution is 7.80. The molecule has 0 aromatic heterocycles. The second-order valence-corrected chi connectivity index (χ2v) is 5.49. The number of thiocarbonyl (C=S) groups is 1. The largest absolute Gasteiger partial charge is 0.463 e. The molecule has 0 bridgehead atoms. The first-order valence-corrected chi connectivity index (χ1v) is 8.02. The van der Waals surface area contributed by atoms with Crippen LogP contribution in [0.4, 0.5) is 0 Å². The quantitative estimate of drug-likeness (QED) is 0.678. The van der Waals surface area contributed by atoms with E-state index in [1.165, 1.54) is 4.90 Å². The van der Waals surface area contributed by atoms with E-state index in [1.54, 1.807) is 13.8 Å². The lowest BCUT2D eigenvalue weighted by Crippen LogP contribution is -2.52. The van der Waals surface area contributed by atoms with Crippen LogP contribution < -0.4 is 5.32 Å². The fourth-order valence-electron chi connectivity index (χ4n) is 2.51. The Morgan fingerprint density at radius 3 is 2.48 bits per heavy atom. The van der Waals surface area contributed by atoms with Gasteiger partial charge < -0.3 is 10.1 Å². The number of benzene rings is 1. The summed E-state index contributed by atoms with van der Waals surface area (Å²) in [5.74, 6) is -0.613. The molecule has 1 heterocycles. The summed E-state index contributed by atoms with van der Waals surface area (Å²) < 4.78 is 5.18. The number of carbonyl (C=O) groups excluding carboxylic acids is 2. The van der Waals surface area contributed by atoms with Crippen LogP contribution in [0.3, 0.4) is 0 Å². The smallest absolute Gasteiger partial charge is 0.338 e. The Labute approximate surface area is 141 Å². The number of hydrogen-bond donors (Lipinski definition) is 1. The molecule has 1 N–H and O–H groups in total. The lowest BCUT2D eigenvalue weighted by molar-refractivity contribution is -0.138. The summed E-state index contributed by atoms with van der Waals surface area (Å²) in [7, 11) is 0. The standard InChI is InChI=1S/C17H20N2O3S/c1-4-13(20)19-15(12-9-7-6-8-10-12)14(16(21)22-5-2)11(3)18-17(19)23/h6-11H,4-5H2,1-3H3,(H,18,23). The van der Waals surface area contributed by atoms with Crippen molar-refractivity contribution in [1.29, 1.82) is 0 Å². The Bertz CT molecular complexity index is 655. The van der Waals surface area contributed by atoms with Gasteiger partial charge in [-0.1, -0.05) is 37.3 Å². The van der Waals surface area contributed by atoms with E-state index in [0.717, 1.165) is 5.56 Å². The van der Waals surface area contributed by atoms with E-state index >= 15 is 0 Å². The maximum absolute atomic E-state index is 12.5. The van der Waals surface area contributed by atoms with Crippen LogP contribution in [0.5, 0.6) is 0 Å². The van der Waals surface area contributed by atoms with Gasteiger partial charge in [0.1, 0.15) is 0 Å². The molecule has 6 heteroatoms. The van der Waals surface area contributed by atoms with Gasteiger partial charge >= 0.3 is 5.97 Å². The average Bonchev–Trinajstić information content (AvgIpc) is 2.54. The fourth-order valence-corrected chi connectivity index (χ4v) is 2.88. The average molecular weight is 332 g/mol. The Morgan fingerprint density at radius 2 is 1.91 bits per heavy atom. The van der Waals surface area contributed by atoms with Gasteiger partial charge in [0.25, 0.3) is 0 Å². The molecule has 0 saturated carbocycles. The third-order valence-electron chi connectivity index (χ3n) is 3.55. The van der Waals surface area contributed by atoms with Crippen molar-refractivity contribution in [2.75, 3.05) is 6.61 Å².